The molecule has 0 spiro atoms. The highest BCUT2D eigenvalue weighted by molar-refractivity contribution is 7.84. The molecule has 0 saturated heterocycles. The van der Waals surface area contributed by atoms with Crippen LogP contribution in [0.4, 0.5) is 5.69 Å². The number of hydrogen-bond acceptors (Lipinski definition) is 6. The monoisotopic (exact) mass is 346 g/mol. The van der Waals surface area contributed by atoms with E-state index in [1.54, 1.807) is 24.3 Å². The van der Waals surface area contributed by atoms with Gasteiger partial charge in [0, 0.05) is 22.9 Å². The van der Waals surface area contributed by atoms with Gasteiger partial charge in [-0.05, 0) is 24.1 Å². The Labute approximate surface area is 142 Å². The number of anilines is 1. The van der Waals surface area contributed by atoms with E-state index in [1.807, 2.05) is 19.9 Å². The number of amides is 1. The van der Waals surface area contributed by atoms with Gasteiger partial charge in [-0.2, -0.15) is 10.2 Å². The van der Waals surface area contributed by atoms with Gasteiger partial charge in [0.05, 0.1) is 11.6 Å². The topological polar surface area (TPSA) is 109 Å². The van der Waals surface area contributed by atoms with Gasteiger partial charge in [-0.1, -0.05) is 25.1 Å². The van der Waals surface area contributed by atoms with Crippen molar-refractivity contribution in [2.75, 3.05) is 11.1 Å². The number of nitriles is 1. The molecule has 24 heavy (non-hydrogen) atoms. The molecule has 0 bridgehead atoms. The molecule has 2 aromatic rings. The molecule has 126 valence electrons. The van der Waals surface area contributed by atoms with Crippen molar-refractivity contribution in [3.63, 3.8) is 0 Å². The van der Waals surface area contributed by atoms with Crippen LogP contribution in [0.25, 0.3) is 0 Å². The molecule has 1 heterocycles. The lowest BCUT2D eigenvalue weighted by Crippen LogP contribution is -2.20. The van der Waals surface area contributed by atoms with Gasteiger partial charge in [0.25, 0.3) is 0 Å². The average Bonchev–Trinajstić information content (AvgIpc) is 2.93. The van der Waals surface area contributed by atoms with Gasteiger partial charge in [-0.15, -0.1) is 0 Å². The minimum atomic E-state index is -1.45. The molecule has 0 fully saturated rings. The molecule has 0 unspecified atom stereocenters. The van der Waals surface area contributed by atoms with E-state index in [-0.39, 0.29) is 17.4 Å². The Kier molecular flexibility index (Phi) is 6.21. The summed E-state index contributed by atoms with van der Waals surface area (Å²) < 4.78 is 17.1. The lowest BCUT2D eigenvalue weighted by molar-refractivity contribution is -0.113. The number of carbonyl (C=O) groups is 1. The van der Waals surface area contributed by atoms with Gasteiger partial charge in [0.15, 0.2) is 5.82 Å². The number of hydrogen-bond donors (Lipinski definition) is 1. The maximum absolute atomic E-state index is 12.0. The summed E-state index contributed by atoms with van der Waals surface area (Å²) in [5, 5.41) is 15.3. The molecule has 0 aliphatic heterocycles. The van der Waals surface area contributed by atoms with Gasteiger partial charge < -0.3 is 9.84 Å². The Morgan fingerprint density at radius 3 is 2.96 bits per heavy atom. The highest BCUT2D eigenvalue weighted by atomic mass is 32.2. The minimum Gasteiger partial charge on any atom is -0.338 e. The third-order valence-electron chi connectivity index (χ3n) is 2.95. The molecule has 1 amide bonds. The van der Waals surface area contributed by atoms with Crippen LogP contribution < -0.4 is 5.32 Å². The van der Waals surface area contributed by atoms with Crippen LogP contribution in [0.3, 0.4) is 0 Å². The summed E-state index contributed by atoms with van der Waals surface area (Å²) in [5.41, 5.74) is 0.936. The molecule has 0 aliphatic rings. The zero-order valence-corrected chi connectivity index (χ0v) is 14.3. The van der Waals surface area contributed by atoms with Crippen LogP contribution in [0.2, 0.25) is 0 Å². The van der Waals surface area contributed by atoms with E-state index in [0.29, 0.717) is 29.4 Å². The van der Waals surface area contributed by atoms with Crippen molar-refractivity contribution in [1.82, 2.24) is 10.1 Å². The molecule has 2 rings (SSSR count). The smallest absolute Gasteiger partial charge is 0.239 e. The highest BCUT2D eigenvalue weighted by Gasteiger charge is 2.14. The van der Waals surface area contributed by atoms with Crippen LogP contribution >= 0.6 is 0 Å². The fraction of sp³-hybridized carbons (Fsp3) is 0.375. The fourth-order valence-electron chi connectivity index (χ4n) is 2.00. The van der Waals surface area contributed by atoms with Crippen LogP contribution in [0, 0.1) is 17.2 Å². The number of aromatic nitrogens is 2. The number of rotatable bonds is 7. The lowest BCUT2D eigenvalue weighted by Gasteiger charge is -2.04. The standard InChI is InChI=1S/C16H18N4O3S/c1-11(2)6-14-19-16(23-20-14)10-24(22)9-15(21)18-13-5-3-4-12(7-13)8-17/h3-5,7,11H,6,9-10H2,1-2H3,(H,18,21)/t24-/m1/s1. The molecule has 8 heteroatoms. The molecule has 1 N–H and O–H groups in total. The summed E-state index contributed by atoms with van der Waals surface area (Å²) in [5.74, 6) is 0.703. The number of nitrogens with one attached hydrogen (secondary N) is 1. The lowest BCUT2D eigenvalue weighted by atomic mass is 10.1. The normalized spacial score (nSPS) is 11.9. The predicted octanol–water partition coefficient (Wildman–Crippen LogP) is 2.03. The van der Waals surface area contributed by atoms with Gasteiger partial charge >= 0.3 is 0 Å². The van der Waals surface area contributed by atoms with Gasteiger partial charge in [0.1, 0.15) is 11.5 Å². The Morgan fingerprint density at radius 1 is 1.46 bits per heavy atom. The zero-order chi connectivity index (χ0) is 17.5. The molecule has 0 radical (unpaired) electrons. The summed E-state index contributed by atoms with van der Waals surface area (Å²) >= 11 is 0. The first kappa shape index (κ1) is 17.8. The van der Waals surface area contributed by atoms with E-state index in [4.69, 9.17) is 9.78 Å². The Morgan fingerprint density at radius 2 is 2.25 bits per heavy atom. The van der Waals surface area contributed by atoms with Crippen molar-refractivity contribution in [3.05, 3.63) is 41.5 Å². The molecule has 1 aromatic carbocycles. The van der Waals surface area contributed by atoms with Gasteiger partial charge in [-0.3, -0.25) is 9.00 Å². The van der Waals surface area contributed by atoms with Crippen molar-refractivity contribution in [2.24, 2.45) is 5.92 Å². The summed E-state index contributed by atoms with van der Waals surface area (Å²) in [6.45, 7) is 4.08. The third-order valence-corrected chi connectivity index (χ3v) is 4.11. The molecule has 0 saturated carbocycles. The second-order valence-corrected chi connectivity index (χ2v) is 7.13. The molecular weight excluding hydrogens is 328 g/mol. The van der Waals surface area contributed by atoms with Crippen molar-refractivity contribution in [1.29, 1.82) is 5.26 Å². The van der Waals surface area contributed by atoms with Crippen molar-refractivity contribution < 1.29 is 13.5 Å². The van der Waals surface area contributed by atoms with Crippen LogP contribution in [-0.2, 0) is 27.8 Å². The Hall–Kier alpha value is -2.53. The van der Waals surface area contributed by atoms with Crippen LogP contribution in [0.1, 0.15) is 31.1 Å². The van der Waals surface area contributed by atoms with Crippen molar-refractivity contribution in [2.45, 2.75) is 26.0 Å². The van der Waals surface area contributed by atoms with E-state index in [9.17, 15) is 9.00 Å². The number of nitrogens with zero attached hydrogens (tertiary/aromatic N) is 3. The SMILES string of the molecule is CC(C)Cc1noc(C[S@](=O)CC(=O)Nc2cccc(C#N)c2)n1. The number of carbonyl (C=O) groups excluding carboxylic acids is 1. The van der Waals surface area contributed by atoms with Crippen molar-refractivity contribution in [3.8, 4) is 6.07 Å². The maximum atomic E-state index is 12.0. The first-order valence-corrected chi connectivity index (χ1v) is 8.91. The predicted molar refractivity (Wildman–Crippen MR) is 89.3 cm³/mol. The van der Waals surface area contributed by atoms with Crippen molar-refractivity contribution >= 4 is 22.4 Å². The Balaban J connectivity index is 1.86. The molecular formula is C16H18N4O3S. The molecule has 1 atom stereocenters. The van der Waals surface area contributed by atoms with Crippen LogP contribution in [0.5, 0.6) is 0 Å². The van der Waals surface area contributed by atoms with Crippen LogP contribution in [0.15, 0.2) is 28.8 Å². The Bertz CT molecular complexity index is 780. The van der Waals surface area contributed by atoms with Gasteiger partial charge in [0.2, 0.25) is 11.8 Å². The fourth-order valence-corrected chi connectivity index (χ4v) is 2.85. The first-order valence-electron chi connectivity index (χ1n) is 7.42. The molecule has 0 aliphatic carbocycles. The first-order chi connectivity index (χ1) is 11.5. The number of benzene rings is 1. The summed E-state index contributed by atoms with van der Waals surface area (Å²) in [6, 6.07) is 8.51. The highest BCUT2D eigenvalue weighted by Crippen LogP contribution is 2.10. The minimum absolute atomic E-state index is 0.0384. The van der Waals surface area contributed by atoms with E-state index in [1.165, 1.54) is 0 Å². The average molecular weight is 346 g/mol. The summed E-state index contributed by atoms with van der Waals surface area (Å²) in [4.78, 5) is 16.1. The largest absolute Gasteiger partial charge is 0.338 e. The summed E-state index contributed by atoms with van der Waals surface area (Å²) in [7, 11) is -1.45. The second-order valence-electron chi connectivity index (χ2n) is 5.67. The van der Waals surface area contributed by atoms with E-state index in [0.717, 1.165) is 0 Å². The van der Waals surface area contributed by atoms with E-state index in [2.05, 4.69) is 15.5 Å². The third kappa shape index (κ3) is 5.59. The van der Waals surface area contributed by atoms with E-state index < -0.39 is 16.7 Å². The molecule has 7 nitrogen and oxygen atoms in total. The quantitative estimate of drug-likeness (QED) is 0.821. The molecule has 1 aromatic heterocycles. The maximum Gasteiger partial charge on any atom is 0.239 e. The van der Waals surface area contributed by atoms with E-state index >= 15 is 0 Å². The zero-order valence-electron chi connectivity index (χ0n) is 13.5. The second kappa shape index (κ2) is 8.36. The van der Waals surface area contributed by atoms with Crippen LogP contribution in [-0.4, -0.2) is 26.0 Å². The van der Waals surface area contributed by atoms with Gasteiger partial charge in [-0.25, -0.2) is 0 Å². The summed E-state index contributed by atoms with van der Waals surface area (Å²) in [6.07, 6.45) is 0.686.